The van der Waals surface area contributed by atoms with Gasteiger partial charge < -0.3 is 25.8 Å². The Kier molecular flexibility index (Phi) is 7.64. The van der Waals surface area contributed by atoms with Gasteiger partial charge in [-0.3, -0.25) is 14.4 Å². The van der Waals surface area contributed by atoms with Crippen LogP contribution < -0.4 is 16.0 Å². The van der Waals surface area contributed by atoms with Crippen molar-refractivity contribution in [2.75, 3.05) is 26.2 Å². The summed E-state index contributed by atoms with van der Waals surface area (Å²) in [5, 5.41) is 16.1. The van der Waals surface area contributed by atoms with Gasteiger partial charge in [0.05, 0.1) is 6.54 Å². The first-order valence-electron chi connectivity index (χ1n) is 11.8. The molecule has 2 aromatic rings. The number of nitrogens with one attached hydrogen (secondary N) is 3. The second-order valence-electron chi connectivity index (χ2n) is 8.89. The molecule has 0 saturated heterocycles. The summed E-state index contributed by atoms with van der Waals surface area (Å²) >= 11 is 0. The lowest BCUT2D eigenvalue weighted by atomic mass is 9.95. The molecule has 0 radical (unpaired) electrons. The van der Waals surface area contributed by atoms with E-state index in [9.17, 15) is 19.2 Å². The van der Waals surface area contributed by atoms with Gasteiger partial charge in [0.2, 0.25) is 11.8 Å². The molecule has 0 spiro atoms. The SMILES string of the molecule is O=C(O)CNC(=O)CNC(=O)C1CCCC1CNC(=O)OCC1c2ccccc2-c2ccccc21. The standard InChI is InChI=1S/C26H29N3O6/c30-23(27-14-24(31)32)13-28-25(33)17-11-5-6-16(17)12-29-26(34)35-15-22-20-9-3-1-7-18(20)19-8-2-4-10-21(19)22/h1-4,7-10,16-17,22H,5-6,11-15H2,(H,27,30)(H,28,33)(H,29,34)(H,31,32). The van der Waals surface area contributed by atoms with Crippen molar-refractivity contribution in [2.45, 2.75) is 25.2 Å². The Hall–Kier alpha value is -3.88. The first kappa shape index (κ1) is 24.3. The van der Waals surface area contributed by atoms with Crippen LogP contribution in [0.4, 0.5) is 4.79 Å². The summed E-state index contributed by atoms with van der Waals surface area (Å²) in [5.41, 5.74) is 4.60. The molecular weight excluding hydrogens is 450 g/mol. The number of hydrogen-bond acceptors (Lipinski definition) is 5. The fraction of sp³-hybridized carbons (Fsp3) is 0.385. The highest BCUT2D eigenvalue weighted by Gasteiger charge is 2.34. The number of ether oxygens (including phenoxy) is 1. The van der Waals surface area contributed by atoms with Crippen LogP contribution in [0, 0.1) is 11.8 Å². The van der Waals surface area contributed by atoms with Crippen LogP contribution in [0.15, 0.2) is 48.5 Å². The predicted molar refractivity (Wildman–Crippen MR) is 128 cm³/mol. The van der Waals surface area contributed by atoms with Crippen LogP contribution in [-0.2, 0) is 19.1 Å². The van der Waals surface area contributed by atoms with E-state index in [4.69, 9.17) is 9.84 Å². The second kappa shape index (κ2) is 11.0. The second-order valence-corrected chi connectivity index (χ2v) is 8.89. The van der Waals surface area contributed by atoms with E-state index in [1.165, 1.54) is 0 Å². The topological polar surface area (TPSA) is 134 Å². The monoisotopic (exact) mass is 479 g/mol. The molecule has 35 heavy (non-hydrogen) atoms. The molecule has 2 aromatic carbocycles. The lowest BCUT2D eigenvalue weighted by molar-refractivity contribution is -0.137. The quantitative estimate of drug-likeness (QED) is 0.436. The van der Waals surface area contributed by atoms with Gasteiger partial charge in [0.25, 0.3) is 0 Å². The van der Waals surface area contributed by atoms with E-state index in [-0.39, 0.29) is 36.8 Å². The van der Waals surface area contributed by atoms with Crippen molar-refractivity contribution in [3.05, 3.63) is 59.7 Å². The number of rotatable bonds is 9. The molecule has 2 atom stereocenters. The van der Waals surface area contributed by atoms with Crippen molar-refractivity contribution in [1.29, 1.82) is 0 Å². The van der Waals surface area contributed by atoms with E-state index in [0.717, 1.165) is 35.1 Å². The van der Waals surface area contributed by atoms with Crippen molar-refractivity contribution in [3.63, 3.8) is 0 Å². The van der Waals surface area contributed by atoms with Gasteiger partial charge in [-0.1, -0.05) is 55.0 Å². The van der Waals surface area contributed by atoms with Crippen molar-refractivity contribution < 1.29 is 29.0 Å². The molecule has 3 amide bonds. The van der Waals surface area contributed by atoms with Crippen LogP contribution in [0.1, 0.15) is 36.3 Å². The number of hydrogen-bond donors (Lipinski definition) is 4. The zero-order valence-electron chi connectivity index (χ0n) is 19.3. The van der Waals surface area contributed by atoms with Crippen molar-refractivity contribution in [2.24, 2.45) is 11.8 Å². The summed E-state index contributed by atoms with van der Waals surface area (Å²) in [4.78, 5) is 47.1. The van der Waals surface area contributed by atoms with Crippen LogP contribution >= 0.6 is 0 Å². The van der Waals surface area contributed by atoms with Gasteiger partial charge in [0.15, 0.2) is 0 Å². The number of amides is 3. The van der Waals surface area contributed by atoms with Gasteiger partial charge in [0, 0.05) is 18.4 Å². The van der Waals surface area contributed by atoms with Gasteiger partial charge in [-0.15, -0.1) is 0 Å². The highest BCUT2D eigenvalue weighted by atomic mass is 16.5. The van der Waals surface area contributed by atoms with Crippen LogP contribution in [0.5, 0.6) is 0 Å². The molecule has 0 bridgehead atoms. The van der Waals surface area contributed by atoms with Gasteiger partial charge in [-0.2, -0.15) is 0 Å². The van der Waals surface area contributed by atoms with E-state index in [1.807, 2.05) is 24.3 Å². The van der Waals surface area contributed by atoms with E-state index in [1.54, 1.807) is 0 Å². The summed E-state index contributed by atoms with van der Waals surface area (Å²) in [6.07, 6.45) is 1.78. The maximum atomic E-state index is 12.5. The number of fused-ring (bicyclic) bond motifs is 3. The smallest absolute Gasteiger partial charge is 0.407 e. The van der Waals surface area contributed by atoms with Crippen molar-refractivity contribution in [3.8, 4) is 11.1 Å². The molecule has 0 heterocycles. The fourth-order valence-electron chi connectivity index (χ4n) is 5.03. The number of carboxylic acids is 1. The third-order valence-corrected chi connectivity index (χ3v) is 6.71. The molecule has 2 unspecified atom stereocenters. The van der Waals surface area contributed by atoms with E-state index < -0.39 is 24.5 Å². The average molecular weight is 480 g/mol. The highest BCUT2D eigenvalue weighted by molar-refractivity contribution is 5.87. The lowest BCUT2D eigenvalue weighted by Crippen LogP contribution is -2.43. The van der Waals surface area contributed by atoms with Crippen molar-refractivity contribution in [1.82, 2.24) is 16.0 Å². The van der Waals surface area contributed by atoms with E-state index in [0.29, 0.717) is 13.0 Å². The summed E-state index contributed by atoms with van der Waals surface area (Å²) < 4.78 is 5.57. The minimum Gasteiger partial charge on any atom is -0.480 e. The maximum Gasteiger partial charge on any atom is 0.407 e. The minimum absolute atomic E-state index is 0.0227. The van der Waals surface area contributed by atoms with Crippen molar-refractivity contribution >= 4 is 23.9 Å². The normalized spacial score (nSPS) is 18.3. The molecule has 0 aliphatic heterocycles. The first-order chi connectivity index (χ1) is 16.9. The Labute approximate surface area is 203 Å². The summed E-state index contributed by atoms with van der Waals surface area (Å²) in [5.74, 6) is -2.39. The number of carbonyl (C=O) groups excluding carboxylic acids is 3. The first-order valence-corrected chi connectivity index (χ1v) is 11.8. The Bertz CT molecular complexity index is 1070. The molecule has 184 valence electrons. The molecule has 9 nitrogen and oxygen atoms in total. The molecule has 2 aliphatic rings. The Morgan fingerprint density at radius 1 is 0.857 bits per heavy atom. The number of aliphatic carboxylic acids is 1. The maximum absolute atomic E-state index is 12.5. The Morgan fingerprint density at radius 2 is 1.51 bits per heavy atom. The number of carbonyl (C=O) groups is 4. The molecule has 9 heteroatoms. The number of benzene rings is 2. The molecular formula is C26H29N3O6. The average Bonchev–Trinajstić information content (AvgIpc) is 3.46. The van der Waals surface area contributed by atoms with Crippen LogP contribution in [0.3, 0.4) is 0 Å². The molecule has 2 aliphatic carbocycles. The van der Waals surface area contributed by atoms with Crippen LogP contribution in [0.2, 0.25) is 0 Å². The molecule has 1 fully saturated rings. The number of alkyl carbamates (subject to hydrolysis) is 1. The van der Waals surface area contributed by atoms with Gasteiger partial charge >= 0.3 is 12.1 Å². The molecule has 4 rings (SSSR count). The zero-order chi connectivity index (χ0) is 24.8. The summed E-state index contributed by atoms with van der Waals surface area (Å²) in [7, 11) is 0. The largest absolute Gasteiger partial charge is 0.480 e. The third kappa shape index (κ3) is 5.79. The molecule has 4 N–H and O–H groups in total. The third-order valence-electron chi connectivity index (χ3n) is 6.71. The van der Waals surface area contributed by atoms with Gasteiger partial charge in [-0.25, -0.2) is 4.79 Å². The Morgan fingerprint density at radius 3 is 2.17 bits per heavy atom. The number of carboxylic acid groups (broad SMARTS) is 1. The van der Waals surface area contributed by atoms with Gasteiger partial charge in [-0.05, 0) is 41.0 Å². The summed E-state index contributed by atoms with van der Waals surface area (Å²) in [6.45, 7) is -0.250. The van der Waals surface area contributed by atoms with E-state index in [2.05, 4.69) is 40.2 Å². The van der Waals surface area contributed by atoms with Gasteiger partial charge in [0.1, 0.15) is 13.2 Å². The summed E-state index contributed by atoms with van der Waals surface area (Å²) in [6, 6.07) is 16.3. The molecule has 1 saturated carbocycles. The Balaban J connectivity index is 1.25. The van der Waals surface area contributed by atoms with Crippen LogP contribution in [-0.4, -0.2) is 55.2 Å². The lowest BCUT2D eigenvalue weighted by Gasteiger charge is -2.20. The molecule has 0 aromatic heterocycles. The highest BCUT2D eigenvalue weighted by Crippen LogP contribution is 2.44. The zero-order valence-corrected chi connectivity index (χ0v) is 19.3. The van der Waals surface area contributed by atoms with E-state index >= 15 is 0 Å². The fourth-order valence-corrected chi connectivity index (χ4v) is 5.03. The van der Waals surface area contributed by atoms with Crippen LogP contribution in [0.25, 0.3) is 11.1 Å². The minimum atomic E-state index is -1.15. The predicted octanol–water partition coefficient (Wildman–Crippen LogP) is 2.26.